The van der Waals surface area contributed by atoms with Crippen LogP contribution in [0.4, 0.5) is 0 Å². The number of benzene rings is 4. The molecule has 7 rings (SSSR count). The van der Waals surface area contributed by atoms with Crippen molar-refractivity contribution in [1.29, 1.82) is 0 Å². The molecule has 0 nitrogen and oxygen atoms in total. The molecule has 0 amide bonds. The Balaban J connectivity index is 1.35. The highest BCUT2D eigenvalue weighted by atomic mass is 31.1. The van der Waals surface area contributed by atoms with Crippen LogP contribution in [0.15, 0.2) is 121 Å². The van der Waals surface area contributed by atoms with Crippen molar-refractivity contribution < 1.29 is 0 Å². The van der Waals surface area contributed by atoms with Crippen LogP contribution in [0.3, 0.4) is 0 Å². The lowest BCUT2D eigenvalue weighted by Gasteiger charge is -2.51. The summed E-state index contributed by atoms with van der Waals surface area (Å²) in [4.78, 5) is 0. The summed E-state index contributed by atoms with van der Waals surface area (Å²) in [5.41, 5.74) is 0. The second kappa shape index (κ2) is 11.4. The maximum Gasteiger partial charge on any atom is -0.0195 e. The van der Waals surface area contributed by atoms with E-state index in [0.717, 1.165) is 23.7 Å². The summed E-state index contributed by atoms with van der Waals surface area (Å²) in [5, 5.41) is 6.19. The van der Waals surface area contributed by atoms with E-state index in [1.54, 1.807) is 21.2 Å². The van der Waals surface area contributed by atoms with Crippen LogP contribution in [0, 0.1) is 23.7 Å². The largest absolute Gasteiger partial charge is 0.0622 e. The molecule has 0 aliphatic heterocycles. The minimum absolute atomic E-state index is 0.338. The Kier molecular flexibility index (Phi) is 7.65. The highest BCUT2D eigenvalue weighted by molar-refractivity contribution is 7.73. The lowest BCUT2D eigenvalue weighted by atomic mass is 9.60. The first-order valence-electron chi connectivity index (χ1n) is 13.6. The van der Waals surface area contributed by atoms with Crippen LogP contribution in [0.1, 0.15) is 25.7 Å². The van der Waals surface area contributed by atoms with Crippen LogP contribution >= 0.6 is 15.8 Å². The van der Waals surface area contributed by atoms with E-state index < -0.39 is 0 Å². The Morgan fingerprint density at radius 3 is 0.889 bits per heavy atom. The van der Waals surface area contributed by atoms with E-state index in [-0.39, 0.29) is 15.8 Å². The molecule has 0 unspecified atom stereocenters. The van der Waals surface area contributed by atoms with Crippen molar-refractivity contribution in [1.82, 2.24) is 0 Å². The van der Waals surface area contributed by atoms with Crippen molar-refractivity contribution in [3.8, 4) is 0 Å². The molecule has 2 bridgehead atoms. The van der Waals surface area contributed by atoms with E-state index >= 15 is 0 Å². The topological polar surface area (TPSA) is 0 Å². The fourth-order valence-electron chi connectivity index (χ4n) is 6.84. The van der Waals surface area contributed by atoms with Crippen LogP contribution in [0.25, 0.3) is 0 Å². The number of rotatable bonds is 8. The molecule has 0 spiro atoms. The number of fused-ring (bicyclic) bond motifs is 3. The van der Waals surface area contributed by atoms with Gasteiger partial charge in [0.1, 0.15) is 0 Å². The number of hydrogen-bond acceptors (Lipinski definition) is 0. The van der Waals surface area contributed by atoms with Gasteiger partial charge in [0, 0.05) is 0 Å². The Morgan fingerprint density at radius 2 is 0.639 bits per heavy atom. The molecule has 0 aromatic heterocycles. The Hall–Kier alpha value is -2.26. The molecule has 4 aromatic rings. The molecule has 4 aromatic carbocycles. The second-order valence-corrected chi connectivity index (χ2v) is 15.1. The molecule has 36 heavy (non-hydrogen) atoms. The van der Waals surface area contributed by atoms with E-state index in [9.17, 15) is 0 Å². The maximum atomic E-state index is 2.38. The fourth-order valence-corrected chi connectivity index (χ4v) is 12.4. The maximum absolute atomic E-state index is 2.38. The van der Waals surface area contributed by atoms with Gasteiger partial charge in [-0.3, -0.25) is 0 Å². The molecular weight excluding hydrogens is 470 g/mol. The lowest BCUT2D eigenvalue weighted by Crippen LogP contribution is -2.44. The highest BCUT2D eigenvalue weighted by Gasteiger charge is 2.45. The van der Waals surface area contributed by atoms with Crippen LogP contribution in [-0.4, -0.2) is 12.3 Å². The van der Waals surface area contributed by atoms with Gasteiger partial charge in [0.05, 0.1) is 0 Å². The molecule has 0 N–H and O–H groups in total. The summed E-state index contributed by atoms with van der Waals surface area (Å²) >= 11 is 0. The minimum Gasteiger partial charge on any atom is -0.0622 e. The monoisotopic (exact) mass is 506 g/mol. The van der Waals surface area contributed by atoms with Gasteiger partial charge in [0.25, 0.3) is 0 Å². The average Bonchev–Trinajstić information content (AvgIpc) is 2.97. The zero-order valence-corrected chi connectivity index (χ0v) is 22.8. The molecule has 3 aliphatic carbocycles. The van der Waals surface area contributed by atoms with Gasteiger partial charge in [-0.2, -0.15) is 0 Å². The van der Waals surface area contributed by atoms with E-state index in [2.05, 4.69) is 121 Å². The predicted molar refractivity (Wildman–Crippen MR) is 160 cm³/mol. The van der Waals surface area contributed by atoms with Gasteiger partial charge >= 0.3 is 0 Å². The van der Waals surface area contributed by atoms with Crippen molar-refractivity contribution in [3.05, 3.63) is 121 Å². The quantitative estimate of drug-likeness (QED) is 0.220. The minimum atomic E-state index is -0.338. The van der Waals surface area contributed by atoms with Gasteiger partial charge in [-0.05, 0) is 98.7 Å². The summed E-state index contributed by atoms with van der Waals surface area (Å²) in [6, 6.07) is 45.7. The van der Waals surface area contributed by atoms with Crippen LogP contribution < -0.4 is 21.2 Å². The summed E-state index contributed by atoms with van der Waals surface area (Å²) in [6.07, 6.45) is 8.50. The Labute approximate surface area is 219 Å². The molecule has 3 saturated carbocycles. The molecule has 182 valence electrons. The van der Waals surface area contributed by atoms with Gasteiger partial charge in [0.15, 0.2) is 0 Å². The van der Waals surface area contributed by atoms with Crippen LogP contribution in [-0.2, 0) is 0 Å². The van der Waals surface area contributed by atoms with Gasteiger partial charge in [-0.1, -0.05) is 121 Å². The molecular formula is C34H36P2. The zero-order chi connectivity index (χ0) is 24.2. The van der Waals surface area contributed by atoms with Crippen LogP contribution in [0.5, 0.6) is 0 Å². The summed E-state index contributed by atoms with van der Waals surface area (Å²) in [6.45, 7) is 0. The first-order chi connectivity index (χ1) is 17.9. The lowest BCUT2D eigenvalue weighted by molar-refractivity contribution is 0.0503. The van der Waals surface area contributed by atoms with Crippen molar-refractivity contribution >= 4 is 37.1 Å². The van der Waals surface area contributed by atoms with Gasteiger partial charge in [-0.15, -0.1) is 0 Å². The van der Waals surface area contributed by atoms with Crippen molar-refractivity contribution in [3.63, 3.8) is 0 Å². The smallest absolute Gasteiger partial charge is 0.0195 e. The van der Waals surface area contributed by atoms with Gasteiger partial charge in [0.2, 0.25) is 0 Å². The van der Waals surface area contributed by atoms with E-state index in [1.807, 2.05) is 0 Å². The van der Waals surface area contributed by atoms with Gasteiger partial charge < -0.3 is 0 Å². The molecule has 0 heterocycles. The normalized spacial score (nSPS) is 23.3. The standard InChI is InChI=1S/C34H36P2/c1-5-13-29(14-6-1)35(30-15-7-2-8-16-30)25-33-27-21-23-28(24-22-27)34(33)26-36(31-17-9-3-10-18-31)32-19-11-4-12-20-32/h1-20,27-28,33-34H,21-26H2/t27?,28?,33-,34-/m0/s1. The van der Waals surface area contributed by atoms with Crippen molar-refractivity contribution in [2.24, 2.45) is 23.7 Å². The van der Waals surface area contributed by atoms with E-state index in [0.29, 0.717) is 0 Å². The van der Waals surface area contributed by atoms with Crippen LogP contribution in [0.2, 0.25) is 0 Å². The first-order valence-corrected chi connectivity index (χ1v) is 16.7. The van der Waals surface area contributed by atoms with Gasteiger partial charge in [-0.25, -0.2) is 0 Å². The highest BCUT2D eigenvalue weighted by Crippen LogP contribution is 2.56. The molecule has 3 fully saturated rings. The zero-order valence-electron chi connectivity index (χ0n) is 21.0. The third kappa shape index (κ3) is 5.23. The van der Waals surface area contributed by atoms with E-state index in [1.165, 1.54) is 38.0 Å². The predicted octanol–water partition coefficient (Wildman–Crippen LogP) is 7.30. The van der Waals surface area contributed by atoms with Crippen molar-refractivity contribution in [2.75, 3.05) is 12.3 Å². The average molecular weight is 507 g/mol. The third-order valence-corrected chi connectivity index (χ3v) is 13.9. The molecule has 2 heteroatoms. The summed E-state index contributed by atoms with van der Waals surface area (Å²) in [5.74, 6) is 3.48. The summed E-state index contributed by atoms with van der Waals surface area (Å²) in [7, 11) is -0.677. The van der Waals surface area contributed by atoms with Crippen molar-refractivity contribution in [2.45, 2.75) is 25.7 Å². The second-order valence-electron chi connectivity index (χ2n) is 10.6. The molecule has 0 radical (unpaired) electrons. The number of hydrogen-bond donors (Lipinski definition) is 0. The fraction of sp³-hybridized carbons (Fsp3) is 0.294. The Bertz CT molecular complexity index is 1020. The molecule has 2 atom stereocenters. The first kappa shape index (κ1) is 24.1. The third-order valence-electron chi connectivity index (χ3n) is 8.64. The molecule has 3 aliphatic rings. The molecule has 0 saturated heterocycles. The van der Waals surface area contributed by atoms with E-state index in [4.69, 9.17) is 0 Å². The SMILES string of the molecule is c1ccc(P(C[C@H]2C3CCC(CC3)[C@@H]2CP(c2ccccc2)c2ccccc2)c2ccccc2)cc1. The summed E-state index contributed by atoms with van der Waals surface area (Å²) < 4.78 is 0. The Morgan fingerprint density at radius 1 is 0.389 bits per heavy atom.